The number of aliphatic carboxylic acids is 1. The molecule has 17 heavy (non-hydrogen) atoms. The zero-order valence-electron chi connectivity index (χ0n) is 9.20. The topological polar surface area (TPSA) is 107 Å². The maximum Gasteiger partial charge on any atom is 0.325 e. The largest absolute Gasteiger partial charge is 0.480 e. The molecule has 0 aromatic carbocycles. The van der Waals surface area contributed by atoms with Gasteiger partial charge >= 0.3 is 11.9 Å². The van der Waals surface area contributed by atoms with Gasteiger partial charge in [0.25, 0.3) is 0 Å². The number of hydrogen-bond donors (Lipinski definition) is 1. The summed E-state index contributed by atoms with van der Waals surface area (Å²) >= 11 is 1.30. The zero-order chi connectivity index (χ0) is 12.7. The SMILES string of the molecule is COC(=O)CCCSc1nnnn1CC(=O)O. The molecule has 8 nitrogen and oxygen atoms in total. The Labute approximate surface area is 101 Å². The Kier molecular flexibility index (Phi) is 5.40. The van der Waals surface area contributed by atoms with Crippen molar-refractivity contribution in [3.05, 3.63) is 0 Å². The molecule has 1 aromatic rings. The molecule has 0 aliphatic rings. The molecule has 1 aromatic heterocycles. The molecule has 0 aliphatic carbocycles. The van der Waals surface area contributed by atoms with E-state index in [0.29, 0.717) is 23.8 Å². The van der Waals surface area contributed by atoms with Gasteiger partial charge in [0.2, 0.25) is 5.16 Å². The lowest BCUT2D eigenvalue weighted by Gasteiger charge is -2.01. The molecular weight excluding hydrogens is 248 g/mol. The third-order valence-electron chi connectivity index (χ3n) is 1.77. The minimum atomic E-state index is -1.01. The Morgan fingerprint density at radius 1 is 1.53 bits per heavy atom. The van der Waals surface area contributed by atoms with E-state index in [-0.39, 0.29) is 12.5 Å². The highest BCUT2D eigenvalue weighted by molar-refractivity contribution is 7.99. The molecule has 94 valence electrons. The summed E-state index contributed by atoms with van der Waals surface area (Å²) < 4.78 is 5.69. The Morgan fingerprint density at radius 2 is 2.29 bits per heavy atom. The van der Waals surface area contributed by atoms with E-state index in [9.17, 15) is 9.59 Å². The first-order valence-electron chi connectivity index (χ1n) is 4.81. The average Bonchev–Trinajstić information content (AvgIpc) is 2.70. The fraction of sp³-hybridized carbons (Fsp3) is 0.625. The van der Waals surface area contributed by atoms with Crippen LogP contribution in [0, 0.1) is 0 Å². The van der Waals surface area contributed by atoms with Gasteiger partial charge in [-0.1, -0.05) is 11.8 Å². The zero-order valence-corrected chi connectivity index (χ0v) is 10.0. The van der Waals surface area contributed by atoms with Crippen LogP contribution in [0.25, 0.3) is 0 Å². The van der Waals surface area contributed by atoms with E-state index in [1.165, 1.54) is 23.6 Å². The average molecular weight is 260 g/mol. The second-order valence-corrected chi connectivity index (χ2v) is 4.10. The van der Waals surface area contributed by atoms with Crippen molar-refractivity contribution in [3.8, 4) is 0 Å². The van der Waals surface area contributed by atoms with Crippen LogP contribution in [0.2, 0.25) is 0 Å². The molecule has 1 N–H and O–H groups in total. The van der Waals surface area contributed by atoms with Crippen molar-refractivity contribution in [2.24, 2.45) is 0 Å². The quantitative estimate of drug-likeness (QED) is 0.408. The molecule has 0 atom stereocenters. The highest BCUT2D eigenvalue weighted by Gasteiger charge is 2.10. The van der Waals surface area contributed by atoms with Crippen LogP contribution in [-0.4, -0.2) is 50.1 Å². The minimum Gasteiger partial charge on any atom is -0.480 e. The van der Waals surface area contributed by atoms with Gasteiger partial charge in [0.15, 0.2) is 0 Å². The first-order chi connectivity index (χ1) is 8.13. The van der Waals surface area contributed by atoms with E-state index in [4.69, 9.17) is 5.11 Å². The first kappa shape index (κ1) is 13.4. The molecule has 0 unspecified atom stereocenters. The lowest BCUT2D eigenvalue weighted by atomic mass is 10.3. The summed E-state index contributed by atoms with van der Waals surface area (Å²) in [5.41, 5.74) is 0. The molecule has 9 heteroatoms. The molecule has 0 fully saturated rings. The second kappa shape index (κ2) is 6.84. The van der Waals surface area contributed by atoms with Crippen LogP contribution < -0.4 is 0 Å². The van der Waals surface area contributed by atoms with E-state index in [1.54, 1.807) is 0 Å². The van der Waals surface area contributed by atoms with E-state index >= 15 is 0 Å². The number of carboxylic acid groups (broad SMARTS) is 1. The molecule has 0 radical (unpaired) electrons. The third-order valence-corrected chi connectivity index (χ3v) is 2.81. The maximum atomic E-state index is 10.8. The van der Waals surface area contributed by atoms with Gasteiger partial charge in [0.05, 0.1) is 7.11 Å². The molecule has 0 spiro atoms. The lowest BCUT2D eigenvalue weighted by molar-refractivity contribution is -0.140. The predicted octanol–water partition coefficient (Wildman–Crippen LogP) is -0.197. The van der Waals surface area contributed by atoms with E-state index in [0.717, 1.165) is 0 Å². The number of carbonyl (C=O) groups excluding carboxylic acids is 1. The molecule has 1 rings (SSSR count). The van der Waals surface area contributed by atoms with Crippen molar-refractivity contribution in [1.82, 2.24) is 20.2 Å². The number of tetrazole rings is 1. The van der Waals surface area contributed by atoms with Crippen molar-refractivity contribution >= 4 is 23.7 Å². The molecule has 0 aliphatic heterocycles. The Balaban J connectivity index is 2.34. The van der Waals surface area contributed by atoms with Crippen LogP contribution in [0.5, 0.6) is 0 Å². The highest BCUT2D eigenvalue weighted by Crippen LogP contribution is 2.15. The summed E-state index contributed by atoms with van der Waals surface area (Å²) in [7, 11) is 1.34. The number of hydrogen-bond acceptors (Lipinski definition) is 7. The molecule has 0 bridgehead atoms. The van der Waals surface area contributed by atoms with E-state index in [2.05, 4.69) is 20.3 Å². The molecule has 1 heterocycles. The summed E-state index contributed by atoms with van der Waals surface area (Å²) in [5, 5.41) is 19.7. The molecular formula is C8H12N4O4S. The van der Waals surface area contributed by atoms with Crippen molar-refractivity contribution in [2.45, 2.75) is 24.5 Å². The van der Waals surface area contributed by atoms with Crippen LogP contribution in [0.4, 0.5) is 0 Å². The summed E-state index contributed by atoms with van der Waals surface area (Å²) in [6, 6.07) is 0. The summed E-state index contributed by atoms with van der Waals surface area (Å²) in [6.45, 7) is -0.271. The van der Waals surface area contributed by atoms with E-state index < -0.39 is 5.97 Å². The van der Waals surface area contributed by atoms with Gasteiger partial charge in [0, 0.05) is 12.2 Å². The Morgan fingerprint density at radius 3 is 2.94 bits per heavy atom. The molecule has 0 amide bonds. The fourth-order valence-corrected chi connectivity index (χ4v) is 1.82. The number of aromatic nitrogens is 4. The van der Waals surface area contributed by atoms with Crippen LogP contribution >= 0.6 is 11.8 Å². The van der Waals surface area contributed by atoms with Crippen LogP contribution in [-0.2, 0) is 20.9 Å². The summed E-state index contributed by atoms with van der Waals surface area (Å²) in [6.07, 6.45) is 0.946. The highest BCUT2D eigenvalue weighted by atomic mass is 32.2. The number of esters is 1. The minimum absolute atomic E-state index is 0.268. The number of thioether (sulfide) groups is 1. The van der Waals surface area contributed by atoms with Gasteiger partial charge in [0.1, 0.15) is 6.54 Å². The van der Waals surface area contributed by atoms with Gasteiger partial charge in [-0.3, -0.25) is 9.59 Å². The van der Waals surface area contributed by atoms with Crippen molar-refractivity contribution < 1.29 is 19.4 Å². The number of methoxy groups -OCH3 is 1. The Hall–Kier alpha value is -1.64. The normalized spacial score (nSPS) is 10.2. The summed E-state index contributed by atoms with van der Waals surface area (Å²) in [4.78, 5) is 21.3. The van der Waals surface area contributed by atoms with Gasteiger partial charge in [-0.25, -0.2) is 4.68 Å². The van der Waals surface area contributed by atoms with Crippen molar-refractivity contribution in [3.63, 3.8) is 0 Å². The monoisotopic (exact) mass is 260 g/mol. The Bertz CT molecular complexity index is 395. The van der Waals surface area contributed by atoms with Gasteiger partial charge < -0.3 is 9.84 Å². The molecule has 0 saturated heterocycles. The van der Waals surface area contributed by atoms with Crippen LogP contribution in [0.3, 0.4) is 0 Å². The van der Waals surface area contributed by atoms with Gasteiger partial charge in [-0.15, -0.1) is 5.10 Å². The maximum absolute atomic E-state index is 10.8. The van der Waals surface area contributed by atoms with Crippen LogP contribution in [0.1, 0.15) is 12.8 Å². The number of carbonyl (C=O) groups is 2. The third kappa shape index (κ3) is 4.81. The van der Waals surface area contributed by atoms with E-state index in [1.807, 2.05) is 0 Å². The second-order valence-electron chi connectivity index (χ2n) is 3.04. The van der Waals surface area contributed by atoms with Gasteiger partial charge in [-0.05, 0) is 16.8 Å². The lowest BCUT2D eigenvalue weighted by Crippen LogP contribution is -2.11. The smallest absolute Gasteiger partial charge is 0.325 e. The number of carboxylic acids is 1. The van der Waals surface area contributed by atoms with Crippen LogP contribution in [0.15, 0.2) is 5.16 Å². The van der Waals surface area contributed by atoms with Gasteiger partial charge in [-0.2, -0.15) is 0 Å². The summed E-state index contributed by atoms with van der Waals surface area (Å²) in [5.74, 6) is -0.654. The number of rotatable bonds is 7. The van der Waals surface area contributed by atoms with Crippen molar-refractivity contribution in [1.29, 1.82) is 0 Å². The number of nitrogens with zero attached hydrogens (tertiary/aromatic N) is 4. The van der Waals surface area contributed by atoms with Crippen molar-refractivity contribution in [2.75, 3.05) is 12.9 Å². The fourth-order valence-electron chi connectivity index (χ4n) is 1.01. The molecule has 0 saturated carbocycles. The first-order valence-corrected chi connectivity index (χ1v) is 5.79. The number of ether oxygens (including phenoxy) is 1. The standard InChI is InChI=1S/C8H12N4O4S/c1-16-7(15)3-2-4-17-8-9-10-11-12(8)5-6(13)14/h2-5H2,1H3,(H,13,14). The predicted molar refractivity (Wildman–Crippen MR) is 57.4 cm³/mol.